The average molecular weight is 218 g/mol. The highest BCUT2D eigenvalue weighted by Gasteiger charge is 2.31. The van der Waals surface area contributed by atoms with Gasteiger partial charge >= 0.3 is 6.36 Å². The Bertz CT molecular complexity index is 385. The van der Waals surface area contributed by atoms with Gasteiger partial charge in [0, 0.05) is 11.1 Å². The van der Waals surface area contributed by atoms with E-state index < -0.39 is 12.1 Å². The first kappa shape index (κ1) is 11.2. The predicted molar refractivity (Wildman–Crippen MR) is 43.9 cm³/mol. The van der Waals surface area contributed by atoms with Crippen molar-refractivity contribution in [3.63, 3.8) is 0 Å². The van der Waals surface area contributed by atoms with Crippen LogP contribution in [0.15, 0.2) is 18.2 Å². The Balaban J connectivity index is 3.03. The molecule has 6 heteroatoms. The van der Waals surface area contributed by atoms with Gasteiger partial charge in [0.15, 0.2) is 12.6 Å². The molecule has 0 fully saturated rings. The Morgan fingerprint density at radius 3 is 2.13 bits per heavy atom. The number of halogens is 3. The van der Waals surface area contributed by atoms with Crippen LogP contribution in [-0.4, -0.2) is 18.9 Å². The van der Waals surface area contributed by atoms with Crippen molar-refractivity contribution < 1.29 is 27.5 Å². The highest BCUT2D eigenvalue weighted by molar-refractivity contribution is 5.90. The fraction of sp³-hybridized carbons (Fsp3) is 0.111. The molecule has 1 aromatic rings. The van der Waals surface area contributed by atoms with E-state index in [2.05, 4.69) is 4.74 Å². The molecular weight excluding hydrogens is 213 g/mol. The van der Waals surface area contributed by atoms with Crippen molar-refractivity contribution in [2.75, 3.05) is 0 Å². The SMILES string of the molecule is O=Cc1ccc(OC(F)(F)F)cc1C=O. The quantitative estimate of drug-likeness (QED) is 0.730. The number of alkyl halides is 3. The zero-order valence-electron chi connectivity index (χ0n) is 7.25. The minimum Gasteiger partial charge on any atom is -0.406 e. The molecule has 0 unspecified atom stereocenters. The molecule has 0 N–H and O–H groups in total. The van der Waals surface area contributed by atoms with Gasteiger partial charge in [-0.2, -0.15) is 0 Å². The van der Waals surface area contributed by atoms with Crippen LogP contribution in [0, 0.1) is 0 Å². The Morgan fingerprint density at radius 2 is 1.67 bits per heavy atom. The molecule has 0 aromatic heterocycles. The van der Waals surface area contributed by atoms with Gasteiger partial charge in [-0.1, -0.05) is 0 Å². The molecule has 0 bridgehead atoms. The molecular formula is C9H5F3O3. The highest BCUT2D eigenvalue weighted by Crippen LogP contribution is 2.23. The molecule has 0 aliphatic carbocycles. The first-order chi connectivity index (χ1) is 6.96. The van der Waals surface area contributed by atoms with Gasteiger partial charge in [0.25, 0.3) is 0 Å². The van der Waals surface area contributed by atoms with Crippen molar-refractivity contribution in [2.24, 2.45) is 0 Å². The number of carbonyl (C=O) groups is 2. The minimum atomic E-state index is -4.82. The molecule has 0 atom stereocenters. The fourth-order valence-electron chi connectivity index (χ4n) is 0.959. The van der Waals surface area contributed by atoms with Gasteiger partial charge in [-0.05, 0) is 18.2 Å². The van der Waals surface area contributed by atoms with Crippen molar-refractivity contribution >= 4 is 12.6 Å². The Labute approximate surface area is 82.5 Å². The maximum atomic E-state index is 11.8. The summed E-state index contributed by atoms with van der Waals surface area (Å²) in [7, 11) is 0. The molecule has 0 radical (unpaired) electrons. The normalized spacial score (nSPS) is 10.9. The summed E-state index contributed by atoms with van der Waals surface area (Å²) in [5.41, 5.74) is -0.133. The lowest BCUT2D eigenvalue weighted by atomic mass is 10.1. The molecule has 0 heterocycles. The lowest BCUT2D eigenvalue weighted by Gasteiger charge is -2.09. The van der Waals surface area contributed by atoms with Gasteiger partial charge in [0.2, 0.25) is 0 Å². The maximum absolute atomic E-state index is 11.8. The van der Waals surface area contributed by atoms with Crippen LogP contribution in [0.2, 0.25) is 0 Å². The molecule has 15 heavy (non-hydrogen) atoms. The van der Waals surface area contributed by atoms with Gasteiger partial charge in [-0.25, -0.2) is 0 Å². The second kappa shape index (κ2) is 4.12. The summed E-state index contributed by atoms with van der Waals surface area (Å²) in [6, 6.07) is 2.90. The number of rotatable bonds is 3. The third kappa shape index (κ3) is 3.08. The molecule has 0 saturated heterocycles. The lowest BCUT2D eigenvalue weighted by molar-refractivity contribution is -0.274. The van der Waals surface area contributed by atoms with E-state index in [0.29, 0.717) is 6.29 Å². The molecule has 0 amide bonds. The smallest absolute Gasteiger partial charge is 0.406 e. The van der Waals surface area contributed by atoms with E-state index >= 15 is 0 Å². The van der Waals surface area contributed by atoms with Crippen molar-refractivity contribution in [3.8, 4) is 5.75 Å². The largest absolute Gasteiger partial charge is 0.573 e. The van der Waals surface area contributed by atoms with Crippen LogP contribution in [0.4, 0.5) is 13.2 Å². The van der Waals surface area contributed by atoms with Crippen LogP contribution in [0.1, 0.15) is 20.7 Å². The second-order valence-corrected chi connectivity index (χ2v) is 2.57. The zero-order valence-corrected chi connectivity index (χ0v) is 7.25. The standard InChI is InChI=1S/C9H5F3O3/c10-9(11,12)15-8-2-1-6(4-13)7(3-8)5-14/h1-5H. The van der Waals surface area contributed by atoms with E-state index in [4.69, 9.17) is 0 Å². The fourth-order valence-corrected chi connectivity index (χ4v) is 0.959. The molecule has 0 saturated carbocycles. The summed E-state index contributed by atoms with van der Waals surface area (Å²) in [4.78, 5) is 20.8. The summed E-state index contributed by atoms with van der Waals surface area (Å²) in [6.45, 7) is 0. The van der Waals surface area contributed by atoms with E-state index in [1.807, 2.05) is 0 Å². The summed E-state index contributed by atoms with van der Waals surface area (Å²) < 4.78 is 38.9. The maximum Gasteiger partial charge on any atom is 0.573 e. The van der Waals surface area contributed by atoms with Gasteiger partial charge in [-0.15, -0.1) is 13.2 Å². The summed E-state index contributed by atoms with van der Waals surface area (Å²) in [5, 5.41) is 0. The number of aldehydes is 2. The van der Waals surface area contributed by atoms with Gasteiger partial charge < -0.3 is 4.74 Å². The number of benzene rings is 1. The number of ether oxygens (including phenoxy) is 1. The first-order valence-corrected chi connectivity index (χ1v) is 3.76. The molecule has 0 aliphatic rings. The van der Waals surface area contributed by atoms with Crippen LogP contribution in [0.25, 0.3) is 0 Å². The third-order valence-electron chi connectivity index (χ3n) is 1.55. The summed E-state index contributed by atoms with van der Waals surface area (Å²) in [5.74, 6) is -0.532. The van der Waals surface area contributed by atoms with Crippen molar-refractivity contribution in [3.05, 3.63) is 29.3 Å². The van der Waals surface area contributed by atoms with Gasteiger partial charge in [0.1, 0.15) is 5.75 Å². The third-order valence-corrected chi connectivity index (χ3v) is 1.55. The Kier molecular flexibility index (Phi) is 3.08. The van der Waals surface area contributed by atoms with Crippen LogP contribution in [0.5, 0.6) is 5.75 Å². The van der Waals surface area contributed by atoms with Crippen LogP contribution in [-0.2, 0) is 0 Å². The van der Waals surface area contributed by atoms with Crippen LogP contribution >= 0.6 is 0 Å². The Morgan fingerprint density at radius 1 is 1.07 bits per heavy atom. The Hall–Kier alpha value is -1.85. The van der Waals surface area contributed by atoms with E-state index in [9.17, 15) is 22.8 Å². The molecule has 1 aromatic carbocycles. The van der Waals surface area contributed by atoms with Crippen molar-refractivity contribution in [1.29, 1.82) is 0 Å². The lowest BCUT2D eigenvalue weighted by Crippen LogP contribution is -2.17. The van der Waals surface area contributed by atoms with E-state index in [1.54, 1.807) is 0 Å². The van der Waals surface area contributed by atoms with Crippen molar-refractivity contribution in [2.45, 2.75) is 6.36 Å². The zero-order chi connectivity index (χ0) is 11.5. The number of carbonyl (C=O) groups excluding carboxylic acids is 2. The minimum absolute atomic E-state index is 0.0134. The second-order valence-electron chi connectivity index (χ2n) is 2.57. The monoisotopic (exact) mass is 218 g/mol. The van der Waals surface area contributed by atoms with Crippen LogP contribution in [0.3, 0.4) is 0 Å². The predicted octanol–water partition coefficient (Wildman–Crippen LogP) is 2.21. The molecule has 80 valence electrons. The number of hydrogen-bond donors (Lipinski definition) is 0. The number of hydrogen-bond acceptors (Lipinski definition) is 3. The topological polar surface area (TPSA) is 43.4 Å². The average Bonchev–Trinajstić information content (AvgIpc) is 2.15. The molecule has 0 spiro atoms. The molecule has 0 aliphatic heterocycles. The molecule has 3 nitrogen and oxygen atoms in total. The summed E-state index contributed by atoms with van der Waals surface area (Å²) >= 11 is 0. The van der Waals surface area contributed by atoms with Gasteiger partial charge in [0.05, 0.1) is 0 Å². The highest BCUT2D eigenvalue weighted by atomic mass is 19.4. The first-order valence-electron chi connectivity index (χ1n) is 3.76. The van der Waals surface area contributed by atoms with E-state index in [0.717, 1.165) is 18.2 Å². The molecule has 1 rings (SSSR count). The van der Waals surface area contributed by atoms with Crippen LogP contribution < -0.4 is 4.74 Å². The van der Waals surface area contributed by atoms with E-state index in [-0.39, 0.29) is 17.4 Å². The van der Waals surface area contributed by atoms with Gasteiger partial charge in [-0.3, -0.25) is 9.59 Å². The van der Waals surface area contributed by atoms with E-state index in [1.165, 1.54) is 0 Å². The van der Waals surface area contributed by atoms with Crippen molar-refractivity contribution in [1.82, 2.24) is 0 Å². The summed E-state index contributed by atoms with van der Waals surface area (Å²) in [6.07, 6.45) is -4.16.